The van der Waals surface area contributed by atoms with E-state index < -0.39 is 99.2 Å². The van der Waals surface area contributed by atoms with E-state index in [1.807, 2.05) is 79.1 Å². The summed E-state index contributed by atoms with van der Waals surface area (Å²) in [5.41, 5.74) is 4.77. The standard InChI is InChI=1S/C33H35FN2O5.C12H22O11/c1-21(2)31-30(33(41)35-25-11-7-4-8-12-25)29(22-9-5-3-6-10-22)32(23-13-15-24(34)16-14-23)36(31)18-17-26(37)19-27(38)20-28(39)40;13-1-4-6(16)7(17)8(18)11(21-4)22-9-5(2-14)23-12(20,3-15)10(9)19/h3-16,21,26-27,37-38H,17-20H2,1-2H3,(H,35,41)(H,39,40);4-11,13-20H,1-3H2/t26-,27-;4-,5-,6+,7+,8-,9-,10+,11+,12-/m11/s1. The van der Waals surface area contributed by atoms with Gasteiger partial charge in [-0.15, -0.1) is 0 Å². The van der Waals surface area contributed by atoms with Gasteiger partial charge in [-0.2, -0.15) is 0 Å². The Morgan fingerprint density at radius 1 is 0.828 bits per heavy atom. The highest BCUT2D eigenvalue weighted by Crippen LogP contribution is 2.43. The van der Waals surface area contributed by atoms with Gasteiger partial charge < -0.3 is 80.3 Å². The largest absolute Gasteiger partial charge is 0.481 e. The summed E-state index contributed by atoms with van der Waals surface area (Å²) in [6, 6.07) is 24.8. The maximum absolute atomic E-state index is 14.0. The Bertz CT molecular complexity index is 2110. The van der Waals surface area contributed by atoms with Crippen LogP contribution in [-0.4, -0.2) is 159 Å². The maximum atomic E-state index is 14.0. The van der Waals surface area contributed by atoms with Crippen LogP contribution in [0, 0.1) is 5.82 Å². The summed E-state index contributed by atoms with van der Waals surface area (Å²) in [6.07, 6.45) is -14.7. The number of rotatable bonds is 17. The summed E-state index contributed by atoms with van der Waals surface area (Å²) in [7, 11) is 0. The minimum absolute atomic E-state index is 0.0939. The van der Waals surface area contributed by atoms with Crippen LogP contribution in [0.3, 0.4) is 0 Å². The number of benzene rings is 3. The fourth-order valence-corrected chi connectivity index (χ4v) is 7.83. The van der Waals surface area contributed by atoms with Crippen LogP contribution in [0.5, 0.6) is 0 Å². The van der Waals surface area contributed by atoms with Crippen LogP contribution >= 0.6 is 0 Å². The first-order valence-corrected chi connectivity index (χ1v) is 20.7. The number of aliphatic hydroxyl groups excluding tert-OH is 9. The first-order valence-electron chi connectivity index (χ1n) is 20.7. The number of amides is 1. The van der Waals surface area contributed by atoms with Gasteiger partial charge in [-0.1, -0.05) is 62.4 Å². The minimum atomic E-state index is -2.37. The van der Waals surface area contributed by atoms with Crippen molar-refractivity contribution in [1.29, 1.82) is 0 Å². The number of carbonyl (C=O) groups is 2. The molecule has 3 heterocycles. The fourth-order valence-electron chi connectivity index (χ4n) is 7.83. The van der Waals surface area contributed by atoms with Crippen LogP contribution < -0.4 is 5.32 Å². The Balaban J connectivity index is 0.000000283. The molecular formula is C45H57FN2O16. The molecule has 11 atom stereocenters. The monoisotopic (exact) mass is 900 g/mol. The smallest absolute Gasteiger partial charge is 0.305 e. The van der Waals surface area contributed by atoms with E-state index in [0.717, 1.165) is 11.3 Å². The van der Waals surface area contributed by atoms with E-state index in [4.69, 9.17) is 29.5 Å². The molecule has 19 heteroatoms. The Morgan fingerprint density at radius 2 is 1.44 bits per heavy atom. The topological polar surface area (TPSA) is 301 Å². The zero-order valence-electron chi connectivity index (χ0n) is 35.2. The van der Waals surface area contributed by atoms with Gasteiger partial charge in [0.25, 0.3) is 5.91 Å². The summed E-state index contributed by atoms with van der Waals surface area (Å²) >= 11 is 0. The Morgan fingerprint density at radius 3 is 2.00 bits per heavy atom. The van der Waals surface area contributed by atoms with E-state index in [1.165, 1.54) is 12.1 Å². The molecule has 3 aromatic carbocycles. The van der Waals surface area contributed by atoms with E-state index in [9.17, 15) is 54.8 Å². The van der Waals surface area contributed by atoms with Crippen LogP contribution in [0.1, 0.15) is 55.1 Å². The maximum Gasteiger partial charge on any atom is 0.305 e. The van der Waals surface area contributed by atoms with Crippen molar-refractivity contribution in [2.45, 2.75) is 113 Å². The first kappa shape index (κ1) is 50.3. The van der Waals surface area contributed by atoms with Gasteiger partial charge in [-0.3, -0.25) is 9.59 Å². The van der Waals surface area contributed by atoms with E-state index in [2.05, 4.69) is 5.32 Å². The van der Waals surface area contributed by atoms with Gasteiger partial charge in [0.15, 0.2) is 6.29 Å². The third-order valence-electron chi connectivity index (χ3n) is 11.0. The predicted molar refractivity (Wildman–Crippen MR) is 226 cm³/mol. The molecule has 350 valence electrons. The second-order valence-electron chi connectivity index (χ2n) is 16.0. The van der Waals surface area contributed by atoms with Crippen molar-refractivity contribution in [3.8, 4) is 22.4 Å². The van der Waals surface area contributed by atoms with Crippen molar-refractivity contribution in [2.24, 2.45) is 0 Å². The molecule has 0 saturated carbocycles. The zero-order chi connectivity index (χ0) is 46.9. The Kier molecular flexibility index (Phi) is 17.7. The minimum Gasteiger partial charge on any atom is -0.481 e. The fraction of sp³-hybridized carbons (Fsp3) is 0.467. The zero-order valence-corrected chi connectivity index (χ0v) is 35.2. The van der Waals surface area contributed by atoms with Crippen molar-refractivity contribution < 1.29 is 84.4 Å². The van der Waals surface area contributed by atoms with E-state index in [-0.39, 0.29) is 37.0 Å². The van der Waals surface area contributed by atoms with Crippen LogP contribution in [0.2, 0.25) is 0 Å². The molecule has 1 amide bonds. The summed E-state index contributed by atoms with van der Waals surface area (Å²) in [4.78, 5) is 25.0. The van der Waals surface area contributed by atoms with Gasteiger partial charge in [0.2, 0.25) is 5.79 Å². The molecule has 18 nitrogen and oxygen atoms in total. The van der Waals surface area contributed by atoms with Crippen molar-refractivity contribution in [2.75, 3.05) is 25.1 Å². The number of carbonyl (C=O) groups excluding carboxylic acids is 1. The normalized spacial score (nSPS) is 26.5. The third-order valence-corrected chi connectivity index (χ3v) is 11.0. The average Bonchev–Trinajstić information content (AvgIpc) is 3.75. The number of halogens is 1. The molecule has 12 N–H and O–H groups in total. The van der Waals surface area contributed by atoms with Crippen LogP contribution in [-0.2, 0) is 25.5 Å². The van der Waals surface area contributed by atoms with Crippen LogP contribution in [0.25, 0.3) is 22.4 Å². The van der Waals surface area contributed by atoms with Gasteiger partial charge >= 0.3 is 5.97 Å². The van der Waals surface area contributed by atoms with Gasteiger partial charge in [-0.25, -0.2) is 4.39 Å². The molecule has 4 aromatic rings. The molecule has 0 radical (unpaired) electrons. The summed E-state index contributed by atoms with van der Waals surface area (Å²) in [6.45, 7) is 1.93. The molecule has 2 fully saturated rings. The lowest BCUT2D eigenvalue weighted by Gasteiger charge is -2.41. The van der Waals surface area contributed by atoms with E-state index in [0.29, 0.717) is 28.1 Å². The van der Waals surface area contributed by atoms with Crippen molar-refractivity contribution in [3.63, 3.8) is 0 Å². The lowest BCUT2D eigenvalue weighted by molar-refractivity contribution is -0.318. The molecule has 0 bridgehead atoms. The number of carboxylic acids is 1. The van der Waals surface area contributed by atoms with Gasteiger partial charge in [0.05, 0.1) is 49.7 Å². The molecule has 2 saturated heterocycles. The molecule has 0 aliphatic carbocycles. The third kappa shape index (κ3) is 11.8. The quantitative estimate of drug-likeness (QED) is 0.0701. The summed E-state index contributed by atoms with van der Waals surface area (Å²) in [5, 5.41) is 109. The number of hydrogen-bond acceptors (Lipinski definition) is 15. The lowest BCUT2D eigenvalue weighted by Crippen LogP contribution is -2.60. The molecule has 0 spiro atoms. The Hall–Kier alpha value is -4.71. The highest BCUT2D eigenvalue weighted by molar-refractivity contribution is 6.12. The number of carboxylic acid groups (broad SMARTS) is 1. The summed E-state index contributed by atoms with van der Waals surface area (Å²) in [5.74, 6) is -4.30. The highest BCUT2D eigenvalue weighted by Gasteiger charge is 2.56. The Labute approximate surface area is 368 Å². The van der Waals surface area contributed by atoms with Gasteiger partial charge in [0.1, 0.15) is 48.5 Å². The second kappa shape index (κ2) is 22.5. The second-order valence-corrected chi connectivity index (χ2v) is 16.0. The molecule has 2 aliphatic heterocycles. The van der Waals surface area contributed by atoms with E-state index in [1.54, 1.807) is 12.1 Å². The van der Waals surface area contributed by atoms with E-state index >= 15 is 0 Å². The van der Waals surface area contributed by atoms with Crippen molar-refractivity contribution in [1.82, 2.24) is 4.57 Å². The number of ether oxygens (including phenoxy) is 3. The number of nitrogens with zero attached hydrogens (tertiary/aromatic N) is 1. The summed E-state index contributed by atoms with van der Waals surface area (Å²) < 4.78 is 31.3. The van der Waals surface area contributed by atoms with Crippen LogP contribution in [0.4, 0.5) is 10.1 Å². The van der Waals surface area contributed by atoms with Gasteiger partial charge in [-0.05, 0) is 66.3 Å². The van der Waals surface area contributed by atoms with Crippen molar-refractivity contribution in [3.05, 3.63) is 102 Å². The number of para-hydroxylation sites is 1. The number of aliphatic hydroxyl groups is 10. The number of nitrogens with one attached hydrogen (secondary N) is 1. The number of anilines is 1. The molecule has 0 unspecified atom stereocenters. The van der Waals surface area contributed by atoms with Crippen LogP contribution in [0.15, 0.2) is 84.9 Å². The molecule has 64 heavy (non-hydrogen) atoms. The number of hydrogen-bond donors (Lipinski definition) is 12. The molecule has 2 aliphatic rings. The first-order chi connectivity index (χ1) is 30.4. The number of aliphatic carboxylic acids is 1. The lowest BCUT2D eigenvalue weighted by atomic mass is 9.94. The van der Waals surface area contributed by atoms with Gasteiger partial charge in [0, 0.05) is 23.5 Å². The molecule has 6 rings (SSSR count). The molecular weight excluding hydrogens is 843 g/mol. The highest BCUT2D eigenvalue weighted by atomic mass is 19.1. The SMILES string of the molecule is CC(C)c1c(C(=O)Nc2ccccc2)c(-c2ccccc2)c(-c2ccc(F)cc2)n1CC[C@@H](O)C[C@@H](O)CC(=O)O.OC[C@H]1O[C@@H](O[C@@H]2[C@@H](CO)O[C@](O)(CO)[C@H]2O)[C@H](O)[C@@H](O)[C@H]1O. The number of aromatic nitrogens is 1. The average molecular weight is 901 g/mol. The molecule has 1 aromatic heterocycles. The predicted octanol–water partition coefficient (Wildman–Crippen LogP) is 0.918. The van der Waals surface area contributed by atoms with Crippen molar-refractivity contribution >= 4 is 17.6 Å².